The predicted octanol–water partition coefficient (Wildman–Crippen LogP) is 1.13. The molecule has 1 heterocycles. The monoisotopic (exact) mass is 214 g/mol. The number of aromatic nitrogens is 4. The number of thioether (sulfide) groups is 1. The number of nitrogens with zero attached hydrogens (tertiary/aromatic N) is 4. The van der Waals surface area contributed by atoms with Gasteiger partial charge in [-0.1, -0.05) is 11.8 Å². The number of ether oxygens (including phenoxy) is 1. The van der Waals surface area contributed by atoms with Crippen molar-refractivity contribution in [2.45, 2.75) is 37.1 Å². The van der Waals surface area contributed by atoms with E-state index in [0.717, 1.165) is 10.9 Å². The Morgan fingerprint density at radius 1 is 1.64 bits per heavy atom. The van der Waals surface area contributed by atoms with Crippen molar-refractivity contribution in [2.24, 2.45) is 0 Å². The van der Waals surface area contributed by atoms with Crippen molar-refractivity contribution >= 4 is 11.8 Å². The molecule has 2 rings (SSSR count). The lowest BCUT2D eigenvalue weighted by atomic mass is 10.5. The fourth-order valence-corrected chi connectivity index (χ4v) is 2.02. The summed E-state index contributed by atoms with van der Waals surface area (Å²) < 4.78 is 7.09. The van der Waals surface area contributed by atoms with Crippen LogP contribution in [0.4, 0.5) is 0 Å². The Morgan fingerprint density at radius 2 is 2.43 bits per heavy atom. The topological polar surface area (TPSA) is 52.8 Å². The summed E-state index contributed by atoms with van der Waals surface area (Å²) >= 11 is 1.66. The molecule has 0 amide bonds. The van der Waals surface area contributed by atoms with E-state index in [1.807, 2.05) is 11.6 Å². The number of tetrazole rings is 1. The van der Waals surface area contributed by atoms with E-state index in [0.29, 0.717) is 6.04 Å². The molecular formula is C8H14N4OS. The van der Waals surface area contributed by atoms with E-state index in [9.17, 15) is 0 Å². The summed E-state index contributed by atoms with van der Waals surface area (Å²) in [5.41, 5.74) is 0. The Hall–Kier alpha value is -0.620. The minimum Gasteiger partial charge on any atom is -0.381 e. The lowest BCUT2D eigenvalue weighted by molar-refractivity contribution is 0.137. The van der Waals surface area contributed by atoms with E-state index in [4.69, 9.17) is 4.74 Å². The third-order valence-electron chi connectivity index (χ3n) is 2.20. The first-order valence-corrected chi connectivity index (χ1v) is 5.73. The lowest BCUT2D eigenvalue weighted by Crippen LogP contribution is -2.09. The third kappa shape index (κ3) is 2.24. The van der Waals surface area contributed by atoms with Crippen molar-refractivity contribution in [2.75, 3.05) is 12.9 Å². The molecule has 1 aliphatic carbocycles. The van der Waals surface area contributed by atoms with E-state index in [-0.39, 0.29) is 6.10 Å². The van der Waals surface area contributed by atoms with Gasteiger partial charge < -0.3 is 4.74 Å². The largest absolute Gasteiger partial charge is 0.381 e. The Balaban J connectivity index is 1.91. The van der Waals surface area contributed by atoms with Gasteiger partial charge in [-0.05, 0) is 30.2 Å². The smallest absolute Gasteiger partial charge is 0.209 e. The van der Waals surface area contributed by atoms with E-state index in [1.165, 1.54) is 12.8 Å². The number of methoxy groups -OCH3 is 1. The highest BCUT2D eigenvalue weighted by molar-refractivity contribution is 7.99. The van der Waals surface area contributed by atoms with Crippen LogP contribution in [0.3, 0.4) is 0 Å². The second-order valence-electron chi connectivity index (χ2n) is 3.49. The van der Waals surface area contributed by atoms with Crippen molar-refractivity contribution in [3.05, 3.63) is 0 Å². The zero-order valence-corrected chi connectivity index (χ0v) is 9.20. The molecule has 1 unspecified atom stereocenters. The maximum absolute atomic E-state index is 5.17. The van der Waals surface area contributed by atoms with Gasteiger partial charge in [0.15, 0.2) is 0 Å². The first-order valence-electron chi connectivity index (χ1n) is 4.74. The van der Waals surface area contributed by atoms with E-state index in [2.05, 4.69) is 15.5 Å². The molecule has 1 fully saturated rings. The van der Waals surface area contributed by atoms with Crippen molar-refractivity contribution in [1.29, 1.82) is 0 Å². The standard InChI is InChI=1S/C8H14N4OS/c1-6(13-2)5-14-8-9-10-11-12(8)7-3-4-7/h6-7H,3-5H2,1-2H3. The van der Waals surface area contributed by atoms with E-state index in [1.54, 1.807) is 18.9 Å². The van der Waals surface area contributed by atoms with Gasteiger partial charge in [0, 0.05) is 12.9 Å². The molecule has 14 heavy (non-hydrogen) atoms. The maximum atomic E-state index is 5.17. The fraction of sp³-hybridized carbons (Fsp3) is 0.875. The molecule has 0 aliphatic heterocycles. The Morgan fingerprint density at radius 3 is 3.07 bits per heavy atom. The van der Waals surface area contributed by atoms with Gasteiger partial charge in [-0.15, -0.1) is 5.10 Å². The van der Waals surface area contributed by atoms with Crippen LogP contribution in [-0.2, 0) is 4.74 Å². The number of hydrogen-bond acceptors (Lipinski definition) is 5. The van der Waals surface area contributed by atoms with Crippen LogP contribution in [0, 0.1) is 0 Å². The van der Waals surface area contributed by atoms with Crippen LogP contribution in [0.25, 0.3) is 0 Å². The van der Waals surface area contributed by atoms with Crippen LogP contribution >= 0.6 is 11.8 Å². The molecule has 0 radical (unpaired) electrons. The summed E-state index contributed by atoms with van der Waals surface area (Å²) in [5, 5.41) is 12.6. The zero-order chi connectivity index (χ0) is 9.97. The molecule has 1 saturated carbocycles. The van der Waals surface area contributed by atoms with Gasteiger partial charge in [0.2, 0.25) is 5.16 Å². The van der Waals surface area contributed by atoms with Crippen LogP contribution in [0.1, 0.15) is 25.8 Å². The summed E-state index contributed by atoms with van der Waals surface area (Å²) in [5.74, 6) is 0.892. The minimum atomic E-state index is 0.240. The summed E-state index contributed by atoms with van der Waals surface area (Å²) in [6.07, 6.45) is 2.65. The molecular weight excluding hydrogens is 200 g/mol. The predicted molar refractivity (Wildman–Crippen MR) is 53.3 cm³/mol. The number of hydrogen-bond donors (Lipinski definition) is 0. The van der Waals surface area contributed by atoms with Gasteiger partial charge in [-0.2, -0.15) is 0 Å². The maximum Gasteiger partial charge on any atom is 0.209 e. The highest BCUT2D eigenvalue weighted by atomic mass is 32.2. The third-order valence-corrected chi connectivity index (χ3v) is 3.37. The van der Waals surface area contributed by atoms with Crippen LogP contribution in [0.5, 0.6) is 0 Å². The normalized spacial score (nSPS) is 18.4. The molecule has 0 bridgehead atoms. The van der Waals surface area contributed by atoms with E-state index >= 15 is 0 Å². The first-order chi connectivity index (χ1) is 6.81. The zero-order valence-electron chi connectivity index (χ0n) is 8.38. The SMILES string of the molecule is COC(C)CSc1nnnn1C1CC1. The number of rotatable bonds is 5. The Labute approximate surface area is 87.2 Å². The lowest BCUT2D eigenvalue weighted by Gasteiger charge is -2.07. The Kier molecular flexibility index (Phi) is 3.02. The summed E-state index contributed by atoms with van der Waals surface area (Å²) in [4.78, 5) is 0. The molecule has 6 heteroatoms. The van der Waals surface area contributed by atoms with E-state index < -0.39 is 0 Å². The second-order valence-corrected chi connectivity index (χ2v) is 4.48. The average molecular weight is 214 g/mol. The van der Waals surface area contributed by atoms with Gasteiger partial charge in [0.05, 0.1) is 12.1 Å². The molecule has 0 aromatic carbocycles. The molecule has 1 atom stereocenters. The molecule has 0 spiro atoms. The first kappa shape index (κ1) is 9.92. The van der Waals surface area contributed by atoms with Gasteiger partial charge in [0.25, 0.3) is 0 Å². The molecule has 78 valence electrons. The molecule has 1 aromatic heterocycles. The van der Waals surface area contributed by atoms with Gasteiger partial charge in [0.1, 0.15) is 0 Å². The summed E-state index contributed by atoms with van der Waals surface area (Å²) in [6, 6.07) is 0.547. The van der Waals surface area contributed by atoms with Crippen LogP contribution in [-0.4, -0.2) is 39.2 Å². The van der Waals surface area contributed by atoms with Crippen molar-refractivity contribution in [3.63, 3.8) is 0 Å². The average Bonchev–Trinajstić information content (AvgIpc) is 2.94. The minimum absolute atomic E-state index is 0.240. The summed E-state index contributed by atoms with van der Waals surface area (Å²) in [7, 11) is 1.72. The van der Waals surface area contributed by atoms with Crippen molar-refractivity contribution in [3.8, 4) is 0 Å². The molecule has 0 saturated heterocycles. The fourth-order valence-electron chi connectivity index (χ4n) is 1.09. The quantitative estimate of drug-likeness (QED) is 0.688. The molecule has 0 N–H and O–H groups in total. The van der Waals surface area contributed by atoms with Crippen LogP contribution < -0.4 is 0 Å². The van der Waals surface area contributed by atoms with Gasteiger partial charge in [-0.3, -0.25) is 0 Å². The summed E-state index contributed by atoms with van der Waals surface area (Å²) in [6.45, 7) is 2.04. The van der Waals surface area contributed by atoms with Gasteiger partial charge in [-0.25, -0.2) is 4.68 Å². The van der Waals surface area contributed by atoms with Crippen molar-refractivity contribution < 1.29 is 4.74 Å². The van der Waals surface area contributed by atoms with Crippen molar-refractivity contribution in [1.82, 2.24) is 20.2 Å². The molecule has 1 aliphatic rings. The van der Waals surface area contributed by atoms with Crippen LogP contribution in [0.15, 0.2) is 5.16 Å². The Bertz CT molecular complexity index is 299. The van der Waals surface area contributed by atoms with Gasteiger partial charge >= 0.3 is 0 Å². The molecule has 1 aromatic rings. The van der Waals surface area contributed by atoms with Crippen LogP contribution in [0.2, 0.25) is 0 Å². The highest BCUT2D eigenvalue weighted by Gasteiger charge is 2.27. The molecule has 5 nitrogen and oxygen atoms in total. The second kappa shape index (κ2) is 4.27. The highest BCUT2D eigenvalue weighted by Crippen LogP contribution is 2.36.